The quantitative estimate of drug-likeness (QED) is 0.676. The molecule has 0 saturated carbocycles. The van der Waals surface area contributed by atoms with Gasteiger partial charge in [-0.25, -0.2) is 4.98 Å². The first-order valence-corrected chi connectivity index (χ1v) is 13.2. The third-order valence-corrected chi connectivity index (χ3v) is 10.4. The van der Waals surface area contributed by atoms with Gasteiger partial charge >= 0.3 is 0 Å². The van der Waals surface area contributed by atoms with Gasteiger partial charge in [0.25, 0.3) is 5.91 Å². The van der Waals surface area contributed by atoms with Crippen LogP contribution in [0.1, 0.15) is 57.1 Å². The summed E-state index contributed by atoms with van der Waals surface area (Å²) < 4.78 is 18.4. The maximum atomic E-state index is 12.8. The Hall–Kier alpha value is -1.48. The first-order chi connectivity index (χ1) is 13.4. The SMILES string of the molecule is CCO[C@H]1[C@H](C)O[C@H](O[Si](C)(C)C(C)(C)C)C[C@H]1NC(=O)c1nccc(C)c1O. The summed E-state index contributed by atoms with van der Waals surface area (Å²) in [6.07, 6.45) is 1.00. The molecule has 1 amide bonds. The molecule has 2 N–H and O–H groups in total. The standard InChI is InChI=1S/C21H36N2O5Si/c1-9-26-19-14(3)27-16(28-29(7,8)21(4,5)6)12-15(19)23-20(25)17-18(24)13(2)10-11-22-17/h10-11,14-16,19,24H,9,12H2,1-8H3,(H,23,25)/t14-,15+,16+,19-/m0/s1. The van der Waals surface area contributed by atoms with Crippen molar-refractivity contribution in [2.45, 2.75) is 90.6 Å². The van der Waals surface area contributed by atoms with E-state index in [0.717, 1.165) is 0 Å². The average Bonchev–Trinajstić information content (AvgIpc) is 2.59. The van der Waals surface area contributed by atoms with Crippen LogP contribution in [0.3, 0.4) is 0 Å². The van der Waals surface area contributed by atoms with Gasteiger partial charge in [0.2, 0.25) is 0 Å². The molecule has 1 aliphatic rings. The lowest BCUT2D eigenvalue weighted by Gasteiger charge is -2.45. The molecule has 0 aromatic carbocycles. The largest absolute Gasteiger partial charge is 0.505 e. The van der Waals surface area contributed by atoms with E-state index >= 15 is 0 Å². The molecule has 0 aliphatic carbocycles. The fourth-order valence-electron chi connectivity index (χ4n) is 3.16. The van der Waals surface area contributed by atoms with Crippen molar-refractivity contribution >= 4 is 14.2 Å². The molecule has 2 heterocycles. The molecule has 0 radical (unpaired) electrons. The summed E-state index contributed by atoms with van der Waals surface area (Å²) >= 11 is 0. The summed E-state index contributed by atoms with van der Waals surface area (Å²) in [5.41, 5.74) is 0.618. The molecule has 1 aromatic rings. The van der Waals surface area contributed by atoms with Crippen molar-refractivity contribution in [3.63, 3.8) is 0 Å². The van der Waals surface area contributed by atoms with Crippen molar-refractivity contribution in [3.05, 3.63) is 23.5 Å². The second kappa shape index (κ2) is 9.12. The molecule has 29 heavy (non-hydrogen) atoms. The number of pyridine rings is 1. The van der Waals surface area contributed by atoms with Gasteiger partial charge < -0.3 is 24.3 Å². The number of nitrogens with one attached hydrogen (secondary N) is 1. The monoisotopic (exact) mass is 424 g/mol. The first-order valence-electron chi connectivity index (χ1n) is 10.3. The van der Waals surface area contributed by atoms with Crippen LogP contribution >= 0.6 is 0 Å². The lowest BCUT2D eigenvalue weighted by atomic mass is 9.99. The van der Waals surface area contributed by atoms with Crippen molar-refractivity contribution in [1.29, 1.82) is 0 Å². The molecule has 1 fully saturated rings. The molecular weight excluding hydrogens is 388 g/mol. The minimum atomic E-state index is -2.04. The number of aryl methyl sites for hydroxylation is 1. The number of ether oxygens (including phenoxy) is 2. The zero-order valence-corrected chi connectivity index (χ0v) is 19.9. The van der Waals surface area contributed by atoms with Crippen LogP contribution in [0.25, 0.3) is 0 Å². The van der Waals surface area contributed by atoms with Crippen LogP contribution in [0, 0.1) is 6.92 Å². The van der Waals surface area contributed by atoms with Crippen molar-refractivity contribution in [1.82, 2.24) is 10.3 Å². The van der Waals surface area contributed by atoms with Crippen molar-refractivity contribution in [2.75, 3.05) is 6.61 Å². The number of aromatic nitrogens is 1. The van der Waals surface area contributed by atoms with E-state index in [4.69, 9.17) is 13.9 Å². The summed E-state index contributed by atoms with van der Waals surface area (Å²) in [6, 6.07) is 1.34. The third-order valence-electron chi connectivity index (χ3n) is 5.92. The number of nitrogens with zero attached hydrogens (tertiary/aromatic N) is 1. The number of carbonyl (C=O) groups excluding carboxylic acids is 1. The maximum Gasteiger partial charge on any atom is 0.274 e. The Kier molecular flexibility index (Phi) is 7.48. The van der Waals surface area contributed by atoms with Gasteiger partial charge in [0, 0.05) is 19.2 Å². The highest BCUT2D eigenvalue weighted by atomic mass is 28.4. The summed E-state index contributed by atoms with van der Waals surface area (Å²) in [4.78, 5) is 16.9. The molecule has 4 atom stereocenters. The van der Waals surface area contributed by atoms with Gasteiger partial charge in [0.1, 0.15) is 18.1 Å². The number of amides is 1. The highest BCUT2D eigenvalue weighted by Gasteiger charge is 2.44. The molecule has 2 rings (SSSR count). The van der Waals surface area contributed by atoms with Crippen molar-refractivity contribution < 1.29 is 23.8 Å². The average molecular weight is 425 g/mol. The fraction of sp³-hybridized carbons (Fsp3) is 0.714. The van der Waals surface area contributed by atoms with Crippen LogP contribution in [0.15, 0.2) is 12.3 Å². The predicted octanol–water partition coefficient (Wildman–Crippen LogP) is 3.76. The van der Waals surface area contributed by atoms with Crippen LogP contribution < -0.4 is 5.32 Å². The van der Waals surface area contributed by atoms with E-state index in [1.807, 2.05) is 13.8 Å². The van der Waals surface area contributed by atoms with Gasteiger partial charge in [-0.1, -0.05) is 20.8 Å². The van der Waals surface area contributed by atoms with Gasteiger partial charge in [0.05, 0.1) is 12.1 Å². The zero-order chi connectivity index (χ0) is 22.0. The fourth-order valence-corrected chi connectivity index (χ4v) is 4.32. The Morgan fingerprint density at radius 3 is 2.66 bits per heavy atom. The molecule has 1 aliphatic heterocycles. The summed E-state index contributed by atoms with van der Waals surface area (Å²) in [7, 11) is -2.04. The number of carbonyl (C=O) groups is 1. The van der Waals surface area contributed by atoms with E-state index in [1.54, 1.807) is 13.0 Å². The van der Waals surface area contributed by atoms with Crippen LogP contribution in [-0.2, 0) is 13.9 Å². The normalized spacial score (nSPS) is 25.7. The van der Waals surface area contributed by atoms with E-state index in [1.165, 1.54) is 6.20 Å². The number of hydrogen-bond donors (Lipinski definition) is 2. The van der Waals surface area contributed by atoms with E-state index in [-0.39, 0.29) is 34.7 Å². The van der Waals surface area contributed by atoms with E-state index in [2.05, 4.69) is 44.2 Å². The lowest BCUT2D eigenvalue weighted by molar-refractivity contribution is -0.204. The van der Waals surface area contributed by atoms with Crippen LogP contribution in [0.2, 0.25) is 18.1 Å². The molecule has 0 spiro atoms. The predicted molar refractivity (Wildman–Crippen MR) is 115 cm³/mol. The van der Waals surface area contributed by atoms with Gasteiger partial charge in [-0.2, -0.15) is 0 Å². The van der Waals surface area contributed by atoms with Crippen molar-refractivity contribution in [2.24, 2.45) is 0 Å². The highest BCUT2D eigenvalue weighted by Crippen LogP contribution is 2.39. The van der Waals surface area contributed by atoms with Gasteiger partial charge in [-0.15, -0.1) is 0 Å². The summed E-state index contributed by atoms with van der Waals surface area (Å²) in [5, 5.41) is 13.3. The molecule has 7 nitrogen and oxygen atoms in total. The summed E-state index contributed by atoms with van der Waals surface area (Å²) in [5.74, 6) is -0.534. The number of rotatable bonds is 6. The summed E-state index contributed by atoms with van der Waals surface area (Å²) in [6.45, 7) is 17.0. The van der Waals surface area contributed by atoms with Gasteiger partial charge in [-0.3, -0.25) is 4.79 Å². The first kappa shape index (κ1) is 23.8. The number of aromatic hydroxyl groups is 1. The van der Waals surface area contributed by atoms with E-state index < -0.39 is 20.5 Å². The second-order valence-corrected chi connectivity index (χ2v) is 14.0. The Morgan fingerprint density at radius 2 is 2.07 bits per heavy atom. The Bertz CT molecular complexity index is 720. The minimum absolute atomic E-state index is 0.0151. The molecule has 8 heteroatoms. The topological polar surface area (TPSA) is 89.9 Å². The molecule has 0 unspecified atom stereocenters. The maximum absolute atomic E-state index is 12.8. The highest BCUT2D eigenvalue weighted by molar-refractivity contribution is 6.74. The van der Waals surface area contributed by atoms with Crippen LogP contribution in [-0.4, -0.2) is 55.5 Å². The smallest absolute Gasteiger partial charge is 0.274 e. The Morgan fingerprint density at radius 1 is 1.41 bits per heavy atom. The zero-order valence-electron chi connectivity index (χ0n) is 18.9. The molecular formula is C21H36N2O5Si. The van der Waals surface area contributed by atoms with Gasteiger partial charge in [-0.05, 0) is 50.5 Å². The molecule has 0 bridgehead atoms. The molecule has 164 valence electrons. The van der Waals surface area contributed by atoms with Crippen LogP contribution in [0.5, 0.6) is 5.75 Å². The number of hydrogen-bond acceptors (Lipinski definition) is 6. The van der Waals surface area contributed by atoms with Gasteiger partial charge in [0.15, 0.2) is 14.0 Å². The second-order valence-electron chi connectivity index (χ2n) is 9.21. The Labute approximate surface area is 175 Å². The molecule has 1 saturated heterocycles. The Balaban J connectivity index is 2.21. The van der Waals surface area contributed by atoms with Crippen LogP contribution in [0.4, 0.5) is 0 Å². The lowest BCUT2D eigenvalue weighted by Crippen LogP contribution is -2.58. The minimum Gasteiger partial charge on any atom is -0.505 e. The van der Waals surface area contributed by atoms with Crippen molar-refractivity contribution in [3.8, 4) is 5.75 Å². The third kappa shape index (κ3) is 5.57. The van der Waals surface area contributed by atoms with E-state index in [0.29, 0.717) is 18.6 Å². The molecule has 1 aromatic heterocycles. The van der Waals surface area contributed by atoms with E-state index in [9.17, 15) is 9.90 Å².